The lowest BCUT2D eigenvalue weighted by Gasteiger charge is -1.88. The second kappa shape index (κ2) is 5.32. The van der Waals surface area contributed by atoms with Crippen molar-refractivity contribution in [1.29, 1.82) is 0 Å². The highest BCUT2D eigenvalue weighted by molar-refractivity contribution is 8.26. The smallest absolute Gasteiger partial charge is 0.225 e. The predicted molar refractivity (Wildman–Crippen MR) is 31.6 cm³/mol. The van der Waals surface area contributed by atoms with Crippen LogP contribution in [-0.4, -0.2) is 10.4 Å². The summed E-state index contributed by atoms with van der Waals surface area (Å²) in [5.74, 6) is 0. The van der Waals surface area contributed by atoms with Gasteiger partial charge in [0, 0.05) is 28.3 Å². The van der Waals surface area contributed by atoms with Gasteiger partial charge in [0.25, 0.3) is 0 Å². The molecule has 0 saturated carbocycles. The summed E-state index contributed by atoms with van der Waals surface area (Å²) in [6.45, 7) is 0.188. The van der Waals surface area contributed by atoms with Gasteiger partial charge in [-0.15, -0.1) is 0 Å². The Morgan fingerprint density at radius 3 is 1.33 bits per heavy atom. The van der Waals surface area contributed by atoms with Crippen molar-refractivity contribution < 1.29 is 17.4 Å². The van der Waals surface area contributed by atoms with Crippen molar-refractivity contribution >= 4 is 30.6 Å². The van der Waals surface area contributed by atoms with Crippen molar-refractivity contribution in [2.45, 2.75) is 13.1 Å². The molecule has 0 unspecified atom stereocenters. The first-order valence-corrected chi connectivity index (χ1v) is 4.34. The van der Waals surface area contributed by atoms with Crippen molar-refractivity contribution in [3.8, 4) is 0 Å². The van der Waals surface area contributed by atoms with Gasteiger partial charge in [-0.05, 0) is 0 Å². The molecule has 9 heavy (non-hydrogen) atoms. The lowest BCUT2D eigenvalue weighted by Crippen LogP contribution is -1.95. The van der Waals surface area contributed by atoms with E-state index in [0.29, 0.717) is 0 Å². The Balaban J connectivity index is 0. The van der Waals surface area contributed by atoms with Crippen LogP contribution >= 0.6 is 21.4 Å². The van der Waals surface area contributed by atoms with E-state index < -0.39 is 15.4 Å². The summed E-state index contributed by atoms with van der Waals surface area (Å²) < 4.78 is 40.1. The first-order chi connectivity index (χ1) is 3.73. The summed E-state index contributed by atoms with van der Waals surface area (Å²) >= 11 is 0. The molecule has 0 rings (SSSR count). The van der Waals surface area contributed by atoms with E-state index in [2.05, 4.69) is 21.4 Å². The van der Waals surface area contributed by atoms with Crippen molar-refractivity contribution in [2.24, 2.45) is 0 Å². The van der Waals surface area contributed by atoms with Gasteiger partial charge in [-0.3, -0.25) is 0 Å². The molecule has 0 heterocycles. The SMILES string of the molecule is CC(F)(F)F.O=S(Cl)Cl. The maximum Gasteiger partial charge on any atom is 0.386 e. The lowest BCUT2D eigenvalue weighted by atomic mass is 10.8. The first kappa shape index (κ1) is 12.2. The number of hydrogen-bond donors (Lipinski definition) is 0. The van der Waals surface area contributed by atoms with Crippen LogP contribution in [0, 0.1) is 0 Å². The van der Waals surface area contributed by atoms with Gasteiger partial charge in [0.1, 0.15) is 0 Å². The van der Waals surface area contributed by atoms with Crippen LogP contribution in [0.25, 0.3) is 0 Å². The summed E-state index contributed by atoms with van der Waals surface area (Å²) in [5, 5.41) is 0. The molecule has 0 aliphatic heterocycles. The third kappa shape index (κ3) is 1340. The zero-order chi connectivity index (χ0) is 8.08. The van der Waals surface area contributed by atoms with E-state index in [-0.39, 0.29) is 6.92 Å². The van der Waals surface area contributed by atoms with Gasteiger partial charge in [0.05, 0.1) is 0 Å². The van der Waals surface area contributed by atoms with Crippen LogP contribution < -0.4 is 0 Å². The molecule has 0 saturated heterocycles. The molecular weight excluding hydrogens is 200 g/mol. The standard InChI is InChI=1S/C2H3F3.Cl2OS/c1-2(3,4)5;1-4(2)3/h1H3;. The number of rotatable bonds is 0. The Labute approximate surface area is 61.6 Å². The van der Waals surface area contributed by atoms with Crippen LogP contribution in [0.5, 0.6) is 0 Å². The average Bonchev–Trinajstić information content (AvgIpc) is 1.19. The van der Waals surface area contributed by atoms with Crippen LogP contribution in [0.15, 0.2) is 0 Å². The van der Waals surface area contributed by atoms with Crippen LogP contribution in [0.3, 0.4) is 0 Å². The fraction of sp³-hybridized carbons (Fsp3) is 1.00. The average molecular weight is 203 g/mol. The summed E-state index contributed by atoms with van der Waals surface area (Å²) in [4.78, 5) is 0. The number of halogens is 5. The topological polar surface area (TPSA) is 17.1 Å². The van der Waals surface area contributed by atoms with Gasteiger partial charge in [0.15, 0.2) is 0 Å². The van der Waals surface area contributed by atoms with Gasteiger partial charge in [-0.2, -0.15) is 13.2 Å². The minimum atomic E-state index is -4.00. The zero-order valence-corrected chi connectivity index (χ0v) is 6.53. The summed E-state index contributed by atoms with van der Waals surface area (Å²) in [6.07, 6.45) is -4.00. The molecule has 0 N–H and O–H groups in total. The highest BCUT2D eigenvalue weighted by Crippen LogP contribution is 2.10. The Hall–Kier alpha value is 0.520. The summed E-state index contributed by atoms with van der Waals surface area (Å²) in [6, 6.07) is 0. The van der Waals surface area contributed by atoms with Gasteiger partial charge < -0.3 is 0 Å². The highest BCUT2D eigenvalue weighted by Gasteiger charge is 2.15. The molecule has 0 bridgehead atoms. The lowest BCUT2D eigenvalue weighted by molar-refractivity contribution is -0.110. The van der Waals surface area contributed by atoms with Crippen molar-refractivity contribution in [1.82, 2.24) is 0 Å². The van der Waals surface area contributed by atoms with E-state index in [4.69, 9.17) is 4.21 Å². The molecule has 0 aromatic rings. The third-order valence-electron chi connectivity index (χ3n) is 0. The number of hydrogen-bond acceptors (Lipinski definition) is 1. The fourth-order valence-corrected chi connectivity index (χ4v) is 0. The first-order valence-electron chi connectivity index (χ1n) is 1.54. The molecule has 0 fully saturated rings. The molecule has 0 aromatic heterocycles. The molecule has 0 radical (unpaired) electrons. The largest absolute Gasteiger partial charge is 0.386 e. The molecule has 7 heteroatoms. The Kier molecular flexibility index (Phi) is 7.22. The molecule has 0 amide bonds. The molecule has 0 aromatic carbocycles. The summed E-state index contributed by atoms with van der Waals surface area (Å²) in [5.41, 5.74) is 0. The van der Waals surface area contributed by atoms with Crippen molar-refractivity contribution in [2.75, 3.05) is 0 Å². The predicted octanol–water partition coefficient (Wildman–Crippen LogP) is 2.61. The maximum absolute atomic E-state index is 10.4. The minimum Gasteiger partial charge on any atom is -0.225 e. The molecule has 0 aliphatic rings. The van der Waals surface area contributed by atoms with E-state index in [1.54, 1.807) is 0 Å². The van der Waals surface area contributed by atoms with E-state index in [1.807, 2.05) is 0 Å². The molecule has 58 valence electrons. The van der Waals surface area contributed by atoms with E-state index >= 15 is 0 Å². The highest BCUT2D eigenvalue weighted by atomic mass is 36.0. The van der Waals surface area contributed by atoms with Crippen molar-refractivity contribution in [3.05, 3.63) is 0 Å². The van der Waals surface area contributed by atoms with E-state index in [9.17, 15) is 13.2 Å². The van der Waals surface area contributed by atoms with Crippen molar-refractivity contribution in [3.63, 3.8) is 0 Å². The van der Waals surface area contributed by atoms with E-state index in [0.717, 1.165) is 0 Å². The van der Waals surface area contributed by atoms with Gasteiger partial charge in [0.2, 0.25) is 9.23 Å². The molecule has 0 aliphatic carbocycles. The Bertz CT molecular complexity index is 82.3. The van der Waals surface area contributed by atoms with Crippen LogP contribution in [-0.2, 0) is 9.23 Å². The molecular formula is C2H3Cl2F3OS. The van der Waals surface area contributed by atoms with Crippen LogP contribution in [0.1, 0.15) is 6.92 Å². The third-order valence-corrected chi connectivity index (χ3v) is 0. The quantitative estimate of drug-likeness (QED) is 0.553. The normalized spacial score (nSPS) is 10.6. The minimum absolute atomic E-state index is 0.188. The molecule has 0 atom stereocenters. The zero-order valence-electron chi connectivity index (χ0n) is 4.21. The van der Waals surface area contributed by atoms with E-state index in [1.165, 1.54) is 0 Å². The number of alkyl halides is 3. The second-order valence-electron chi connectivity index (χ2n) is 0.966. The maximum atomic E-state index is 10.4. The van der Waals surface area contributed by atoms with Gasteiger partial charge in [-0.1, -0.05) is 0 Å². The Morgan fingerprint density at radius 2 is 1.33 bits per heavy atom. The van der Waals surface area contributed by atoms with Crippen LogP contribution in [0.4, 0.5) is 13.2 Å². The fourth-order valence-electron chi connectivity index (χ4n) is 0. The van der Waals surface area contributed by atoms with Crippen LogP contribution in [0.2, 0.25) is 0 Å². The van der Waals surface area contributed by atoms with Gasteiger partial charge in [-0.25, -0.2) is 4.21 Å². The second-order valence-corrected chi connectivity index (χ2v) is 3.49. The monoisotopic (exact) mass is 202 g/mol. The van der Waals surface area contributed by atoms with Gasteiger partial charge >= 0.3 is 6.18 Å². The summed E-state index contributed by atoms with van der Waals surface area (Å²) in [7, 11) is 7.36. The molecule has 1 nitrogen and oxygen atoms in total. The Morgan fingerprint density at radius 1 is 1.33 bits per heavy atom. The molecule has 0 spiro atoms.